The number of carbonyl (C=O) groups is 1. The maximum atomic E-state index is 11.0. The van der Waals surface area contributed by atoms with Crippen molar-refractivity contribution in [1.82, 2.24) is 4.98 Å². The number of halogens is 2. The molecule has 1 heterocycles. The molecule has 4 nitrogen and oxygen atoms in total. The Morgan fingerprint density at radius 2 is 2.33 bits per heavy atom. The summed E-state index contributed by atoms with van der Waals surface area (Å²) in [6.45, 7) is 0. The van der Waals surface area contributed by atoms with Crippen LogP contribution in [-0.2, 0) is 16.0 Å². The van der Waals surface area contributed by atoms with Gasteiger partial charge in [0.25, 0.3) is 0 Å². The van der Waals surface area contributed by atoms with E-state index < -0.39 is 12.0 Å². The van der Waals surface area contributed by atoms with Gasteiger partial charge < -0.3 is 10.5 Å². The quantitative estimate of drug-likeness (QED) is 0.650. The number of hydrogen-bond donors (Lipinski definition) is 1. The van der Waals surface area contributed by atoms with Crippen molar-refractivity contribution in [3.05, 3.63) is 28.0 Å². The van der Waals surface area contributed by atoms with Gasteiger partial charge in [-0.1, -0.05) is 23.2 Å². The fourth-order valence-corrected chi connectivity index (χ4v) is 1.35. The van der Waals surface area contributed by atoms with Crippen molar-refractivity contribution in [2.24, 2.45) is 5.73 Å². The Hall–Kier alpha value is -0.840. The zero-order valence-electron chi connectivity index (χ0n) is 8.04. The molecule has 82 valence electrons. The van der Waals surface area contributed by atoms with Crippen molar-refractivity contribution in [2.75, 3.05) is 7.11 Å². The summed E-state index contributed by atoms with van der Waals surface area (Å²) < 4.78 is 4.49. The molecule has 0 aliphatic rings. The molecule has 0 amide bonds. The molecule has 0 aliphatic heterocycles. The van der Waals surface area contributed by atoms with Gasteiger partial charge in [0, 0.05) is 6.20 Å². The molecule has 0 unspecified atom stereocenters. The summed E-state index contributed by atoms with van der Waals surface area (Å²) in [6, 6.07) is 0.911. The van der Waals surface area contributed by atoms with E-state index in [0.29, 0.717) is 11.4 Å². The third-order valence-corrected chi connectivity index (χ3v) is 2.50. The van der Waals surface area contributed by atoms with E-state index in [1.165, 1.54) is 13.3 Å². The Morgan fingerprint density at radius 1 is 1.67 bits per heavy atom. The Labute approximate surface area is 97.3 Å². The van der Waals surface area contributed by atoms with E-state index in [1.807, 2.05) is 0 Å². The second-order valence-corrected chi connectivity index (χ2v) is 3.72. The van der Waals surface area contributed by atoms with Crippen LogP contribution in [0.2, 0.25) is 10.2 Å². The van der Waals surface area contributed by atoms with Gasteiger partial charge in [-0.15, -0.1) is 0 Å². The Kier molecular flexibility index (Phi) is 4.32. The van der Waals surface area contributed by atoms with Gasteiger partial charge in [-0.05, 0) is 18.1 Å². The first-order valence-corrected chi connectivity index (χ1v) is 4.93. The highest BCUT2D eigenvalue weighted by molar-refractivity contribution is 6.41. The molecule has 1 aromatic rings. The van der Waals surface area contributed by atoms with Gasteiger partial charge in [0.2, 0.25) is 0 Å². The van der Waals surface area contributed by atoms with Crippen LogP contribution >= 0.6 is 23.2 Å². The molecule has 15 heavy (non-hydrogen) atoms. The summed E-state index contributed by atoms with van der Waals surface area (Å²) in [5.41, 5.74) is 6.31. The maximum Gasteiger partial charge on any atom is 0.322 e. The van der Waals surface area contributed by atoms with Gasteiger partial charge in [0.05, 0.1) is 12.1 Å². The number of hydrogen-bond acceptors (Lipinski definition) is 4. The topological polar surface area (TPSA) is 65.2 Å². The monoisotopic (exact) mass is 248 g/mol. The van der Waals surface area contributed by atoms with Crippen LogP contribution in [-0.4, -0.2) is 24.1 Å². The van der Waals surface area contributed by atoms with Crippen LogP contribution in [0.15, 0.2) is 12.3 Å². The molecule has 1 atom stereocenters. The minimum Gasteiger partial charge on any atom is -0.468 e. The minimum atomic E-state index is -0.714. The van der Waals surface area contributed by atoms with Crippen molar-refractivity contribution < 1.29 is 9.53 Å². The van der Waals surface area contributed by atoms with Gasteiger partial charge in [-0.25, -0.2) is 4.98 Å². The van der Waals surface area contributed by atoms with Crippen molar-refractivity contribution >= 4 is 29.2 Å². The summed E-state index contributed by atoms with van der Waals surface area (Å²) in [5, 5.41) is 0.568. The second-order valence-electron chi connectivity index (χ2n) is 2.95. The van der Waals surface area contributed by atoms with E-state index in [2.05, 4.69) is 9.72 Å². The van der Waals surface area contributed by atoms with E-state index in [1.54, 1.807) is 6.07 Å². The summed E-state index contributed by atoms with van der Waals surface area (Å²) in [7, 11) is 1.29. The molecule has 1 rings (SSSR count). The van der Waals surface area contributed by atoms with Crippen LogP contribution in [0, 0.1) is 0 Å². The lowest BCUT2D eigenvalue weighted by atomic mass is 10.1. The molecular weight excluding hydrogens is 239 g/mol. The highest BCUT2D eigenvalue weighted by atomic mass is 35.5. The normalized spacial score (nSPS) is 12.3. The molecule has 0 radical (unpaired) electrons. The highest BCUT2D eigenvalue weighted by Crippen LogP contribution is 2.20. The van der Waals surface area contributed by atoms with Crippen molar-refractivity contribution in [1.29, 1.82) is 0 Å². The maximum absolute atomic E-state index is 11.0. The number of aromatic nitrogens is 1. The Bertz CT molecular complexity index is 371. The number of nitrogens with zero attached hydrogens (tertiary/aromatic N) is 1. The lowest BCUT2D eigenvalue weighted by molar-refractivity contribution is -0.142. The fraction of sp³-hybridized carbons (Fsp3) is 0.333. The van der Waals surface area contributed by atoms with Crippen LogP contribution in [0.4, 0.5) is 0 Å². The van der Waals surface area contributed by atoms with Crippen LogP contribution in [0.1, 0.15) is 5.56 Å². The average Bonchev–Trinajstić information content (AvgIpc) is 2.22. The molecular formula is C9H10Cl2N2O2. The Balaban J connectivity index is 2.73. The smallest absolute Gasteiger partial charge is 0.322 e. The lowest BCUT2D eigenvalue weighted by Crippen LogP contribution is -2.33. The third-order valence-electron chi connectivity index (χ3n) is 1.81. The predicted molar refractivity (Wildman–Crippen MR) is 58.0 cm³/mol. The van der Waals surface area contributed by atoms with Crippen LogP contribution in [0.25, 0.3) is 0 Å². The molecule has 0 saturated heterocycles. The van der Waals surface area contributed by atoms with E-state index in [0.717, 1.165) is 5.56 Å². The van der Waals surface area contributed by atoms with Crippen molar-refractivity contribution in [3.63, 3.8) is 0 Å². The van der Waals surface area contributed by atoms with E-state index >= 15 is 0 Å². The number of pyridine rings is 1. The number of esters is 1. The van der Waals surface area contributed by atoms with Gasteiger partial charge >= 0.3 is 5.97 Å². The summed E-state index contributed by atoms with van der Waals surface area (Å²) in [5.74, 6) is -0.471. The minimum absolute atomic E-state index is 0.229. The number of ether oxygens (including phenoxy) is 1. The molecule has 6 heteroatoms. The molecule has 2 N–H and O–H groups in total. The third kappa shape index (κ3) is 3.34. The molecule has 0 saturated carbocycles. The van der Waals surface area contributed by atoms with E-state index in [9.17, 15) is 4.79 Å². The summed E-state index contributed by atoms with van der Waals surface area (Å²) in [6.07, 6.45) is 1.84. The van der Waals surface area contributed by atoms with Crippen molar-refractivity contribution in [3.8, 4) is 0 Å². The summed E-state index contributed by atoms with van der Waals surface area (Å²) >= 11 is 11.4. The van der Waals surface area contributed by atoms with Crippen LogP contribution in [0.3, 0.4) is 0 Å². The Morgan fingerprint density at radius 3 is 2.87 bits per heavy atom. The number of nitrogens with two attached hydrogens (primary N) is 1. The molecule has 0 bridgehead atoms. The van der Waals surface area contributed by atoms with Gasteiger partial charge in [0.15, 0.2) is 0 Å². The number of carbonyl (C=O) groups excluding carboxylic acids is 1. The van der Waals surface area contributed by atoms with E-state index in [4.69, 9.17) is 28.9 Å². The van der Waals surface area contributed by atoms with Gasteiger partial charge in [-0.2, -0.15) is 0 Å². The second kappa shape index (κ2) is 5.30. The molecule has 0 fully saturated rings. The average molecular weight is 249 g/mol. The zero-order valence-corrected chi connectivity index (χ0v) is 9.55. The lowest BCUT2D eigenvalue weighted by Gasteiger charge is -2.09. The first-order chi connectivity index (χ1) is 7.04. The largest absolute Gasteiger partial charge is 0.468 e. The van der Waals surface area contributed by atoms with Crippen LogP contribution in [0.5, 0.6) is 0 Å². The zero-order chi connectivity index (χ0) is 11.4. The predicted octanol–water partition coefficient (Wildman–Crippen LogP) is 1.43. The highest BCUT2D eigenvalue weighted by Gasteiger charge is 2.14. The van der Waals surface area contributed by atoms with Gasteiger partial charge in [0.1, 0.15) is 11.2 Å². The standard InChI is InChI=1S/C9H10Cl2N2O2/c1-15-9(14)7(12)3-5-2-6(10)8(11)13-4-5/h2,4,7H,3,12H2,1H3/t7-/m1/s1. The SMILES string of the molecule is COC(=O)[C@H](N)Cc1cnc(Cl)c(Cl)c1. The molecule has 0 aromatic carbocycles. The van der Waals surface area contributed by atoms with Crippen LogP contribution < -0.4 is 5.73 Å². The molecule has 0 aliphatic carbocycles. The molecule has 1 aromatic heterocycles. The first-order valence-electron chi connectivity index (χ1n) is 4.18. The summed E-state index contributed by atoms with van der Waals surface area (Å²) in [4.78, 5) is 14.9. The number of rotatable bonds is 3. The van der Waals surface area contributed by atoms with Crippen molar-refractivity contribution in [2.45, 2.75) is 12.5 Å². The fourth-order valence-electron chi connectivity index (χ4n) is 1.06. The first kappa shape index (κ1) is 12.2. The number of methoxy groups -OCH3 is 1. The molecule has 0 spiro atoms. The van der Waals surface area contributed by atoms with Gasteiger partial charge in [-0.3, -0.25) is 4.79 Å². The van der Waals surface area contributed by atoms with E-state index in [-0.39, 0.29) is 5.15 Å².